The molecule has 0 bridgehead atoms. The van der Waals surface area contributed by atoms with Gasteiger partial charge in [-0.2, -0.15) is 0 Å². The van der Waals surface area contributed by atoms with Crippen molar-refractivity contribution in [1.29, 1.82) is 0 Å². The van der Waals surface area contributed by atoms with Crippen LogP contribution in [0.15, 0.2) is 0 Å². The van der Waals surface area contributed by atoms with Crippen LogP contribution in [0, 0.1) is 0 Å². The summed E-state index contributed by atoms with van der Waals surface area (Å²) in [6.07, 6.45) is 12.7. The molecule has 1 saturated heterocycles. The summed E-state index contributed by atoms with van der Waals surface area (Å²) in [5, 5.41) is 0.589. The molecule has 1 aliphatic rings. The van der Waals surface area contributed by atoms with Gasteiger partial charge in [-0.15, -0.1) is 0 Å². The first kappa shape index (κ1) is 19.4. The van der Waals surface area contributed by atoms with E-state index in [-0.39, 0.29) is 9.76 Å². The van der Waals surface area contributed by atoms with Gasteiger partial charge in [0.25, 0.3) is 0 Å². The van der Waals surface area contributed by atoms with Crippen molar-refractivity contribution in [3.05, 3.63) is 0 Å². The van der Waals surface area contributed by atoms with Crippen molar-refractivity contribution >= 4 is 18.7 Å². The molecule has 126 valence electrons. The highest BCUT2D eigenvalue weighted by Gasteiger charge is 2.26. The molecule has 0 amide bonds. The second kappa shape index (κ2) is 11.0. The fourth-order valence-electron chi connectivity index (χ4n) is 3.86. The molecule has 1 heterocycles. The van der Waals surface area contributed by atoms with Gasteiger partial charge in [-0.1, -0.05) is 58.9 Å². The maximum atomic E-state index is 5.59. The van der Waals surface area contributed by atoms with Gasteiger partial charge in [-0.3, -0.25) is 0 Å². The monoisotopic (exact) mass is 329 g/mol. The minimum atomic E-state index is -0.445. The predicted octanol–water partition coefficient (Wildman–Crippen LogP) is 4.10. The highest BCUT2D eigenvalue weighted by atomic mass is 28.3. The zero-order valence-corrected chi connectivity index (χ0v) is 17.7. The molecule has 0 aromatic rings. The highest BCUT2D eigenvalue weighted by Crippen LogP contribution is 2.39. The number of rotatable bonds is 12. The van der Waals surface area contributed by atoms with Gasteiger partial charge in [0, 0.05) is 7.11 Å². The molecule has 1 fully saturated rings. The van der Waals surface area contributed by atoms with E-state index in [9.17, 15) is 0 Å². The first-order chi connectivity index (χ1) is 10.2. The SMILES string of the molecule is CCC(CC)(CCCCCCCN1CCC[SiH]1C)[SiH2]OC. The van der Waals surface area contributed by atoms with Crippen molar-refractivity contribution in [3.63, 3.8) is 0 Å². The van der Waals surface area contributed by atoms with Crippen molar-refractivity contribution in [2.24, 2.45) is 0 Å². The number of nitrogens with zero attached hydrogens (tertiary/aromatic N) is 1. The van der Waals surface area contributed by atoms with Gasteiger partial charge in [0.2, 0.25) is 0 Å². The molecule has 1 rings (SSSR count). The molecule has 4 heteroatoms. The first-order valence-corrected chi connectivity index (χ1v) is 13.2. The van der Waals surface area contributed by atoms with Gasteiger partial charge in [-0.05, 0) is 43.4 Å². The molecule has 0 N–H and O–H groups in total. The summed E-state index contributed by atoms with van der Waals surface area (Å²) >= 11 is 0. The Bertz CT molecular complexity index is 259. The van der Waals surface area contributed by atoms with Crippen LogP contribution in [0.1, 0.15) is 71.6 Å². The molecule has 0 saturated carbocycles. The second-order valence-corrected chi connectivity index (χ2v) is 12.6. The Balaban J connectivity index is 2.03. The third-order valence-corrected chi connectivity index (χ3v) is 11.1. The topological polar surface area (TPSA) is 12.5 Å². The Kier molecular flexibility index (Phi) is 10.1. The lowest BCUT2D eigenvalue weighted by Crippen LogP contribution is -2.31. The van der Waals surface area contributed by atoms with E-state index in [2.05, 4.69) is 25.0 Å². The third kappa shape index (κ3) is 6.97. The van der Waals surface area contributed by atoms with Crippen molar-refractivity contribution in [2.45, 2.75) is 89.3 Å². The van der Waals surface area contributed by atoms with Crippen molar-refractivity contribution < 1.29 is 4.43 Å². The van der Waals surface area contributed by atoms with E-state index in [1.807, 2.05) is 7.11 Å². The van der Waals surface area contributed by atoms with E-state index in [1.54, 1.807) is 6.04 Å². The Morgan fingerprint density at radius 2 is 1.76 bits per heavy atom. The molecule has 1 atom stereocenters. The second-order valence-electron chi connectivity index (χ2n) is 7.19. The van der Waals surface area contributed by atoms with E-state index < -0.39 is 8.96 Å². The average Bonchev–Trinajstić information content (AvgIpc) is 2.90. The summed E-state index contributed by atoms with van der Waals surface area (Å²) in [6, 6.07) is 1.56. The van der Waals surface area contributed by atoms with Crippen LogP contribution in [0.3, 0.4) is 0 Å². The quantitative estimate of drug-likeness (QED) is 0.395. The zero-order chi connectivity index (χ0) is 15.6. The van der Waals surface area contributed by atoms with Gasteiger partial charge in [0.1, 0.15) is 8.96 Å². The van der Waals surface area contributed by atoms with Crippen molar-refractivity contribution in [3.8, 4) is 0 Å². The lowest BCUT2D eigenvalue weighted by molar-refractivity contribution is 0.358. The molecule has 0 aliphatic carbocycles. The number of hydrogen-bond acceptors (Lipinski definition) is 2. The summed E-state index contributed by atoms with van der Waals surface area (Å²) in [5.74, 6) is 0. The van der Waals surface area contributed by atoms with E-state index in [4.69, 9.17) is 4.43 Å². The van der Waals surface area contributed by atoms with Crippen molar-refractivity contribution in [2.75, 3.05) is 20.2 Å². The van der Waals surface area contributed by atoms with E-state index in [0.29, 0.717) is 5.04 Å². The summed E-state index contributed by atoms with van der Waals surface area (Å²) < 4.78 is 8.41. The lowest BCUT2D eigenvalue weighted by Gasteiger charge is -2.30. The van der Waals surface area contributed by atoms with Crippen LogP contribution in [0.4, 0.5) is 0 Å². The molecule has 0 aromatic carbocycles. The predicted molar refractivity (Wildman–Crippen MR) is 101 cm³/mol. The van der Waals surface area contributed by atoms with Crippen LogP contribution in [0.2, 0.25) is 17.6 Å². The largest absolute Gasteiger partial charge is 0.427 e. The smallest absolute Gasteiger partial charge is 0.167 e. The molecular weight excluding hydrogens is 290 g/mol. The van der Waals surface area contributed by atoms with Crippen LogP contribution in [0.25, 0.3) is 0 Å². The minimum Gasteiger partial charge on any atom is -0.427 e. The summed E-state index contributed by atoms with van der Waals surface area (Å²) in [6.45, 7) is 10.1. The molecule has 2 nitrogen and oxygen atoms in total. The third-order valence-electron chi connectivity index (χ3n) is 5.79. The van der Waals surface area contributed by atoms with Gasteiger partial charge in [0.05, 0.1) is 0 Å². The molecule has 0 radical (unpaired) electrons. The molecule has 21 heavy (non-hydrogen) atoms. The number of hydrogen-bond donors (Lipinski definition) is 0. The number of unbranched alkanes of at least 4 members (excludes halogenated alkanes) is 4. The van der Waals surface area contributed by atoms with Crippen molar-refractivity contribution in [1.82, 2.24) is 4.57 Å². The van der Waals surface area contributed by atoms with Crippen LogP contribution >= 0.6 is 0 Å². The molecule has 0 aromatic heterocycles. The molecule has 0 spiro atoms. The lowest BCUT2D eigenvalue weighted by atomic mass is 9.94. The van der Waals surface area contributed by atoms with Gasteiger partial charge in [0.15, 0.2) is 9.76 Å². The van der Waals surface area contributed by atoms with E-state index >= 15 is 0 Å². The van der Waals surface area contributed by atoms with Crippen LogP contribution in [-0.4, -0.2) is 43.5 Å². The summed E-state index contributed by atoms with van der Waals surface area (Å²) in [5.41, 5.74) is 0. The average molecular weight is 330 g/mol. The van der Waals surface area contributed by atoms with Crippen LogP contribution in [0.5, 0.6) is 0 Å². The maximum absolute atomic E-state index is 5.59. The van der Waals surface area contributed by atoms with E-state index in [0.717, 1.165) is 0 Å². The Morgan fingerprint density at radius 3 is 2.33 bits per heavy atom. The van der Waals surface area contributed by atoms with Gasteiger partial charge >= 0.3 is 0 Å². The molecule has 1 aliphatic heterocycles. The standard InChI is InChI=1S/C17H39NOSi2/c1-5-17(6-2,20-19-3)13-10-8-7-9-11-14-18-15-12-16-21(18)4/h21H,5-16,20H2,1-4H3. The van der Waals surface area contributed by atoms with Crippen LogP contribution in [-0.2, 0) is 4.43 Å². The fourth-order valence-corrected chi connectivity index (χ4v) is 7.66. The fraction of sp³-hybridized carbons (Fsp3) is 1.00. The molecular formula is C17H39NOSi2. The molecule has 1 unspecified atom stereocenters. The Labute approximate surface area is 137 Å². The maximum Gasteiger partial charge on any atom is 0.167 e. The van der Waals surface area contributed by atoms with Crippen LogP contribution < -0.4 is 0 Å². The summed E-state index contributed by atoms with van der Waals surface area (Å²) in [7, 11) is 1.13. The zero-order valence-electron chi connectivity index (χ0n) is 15.1. The van der Waals surface area contributed by atoms with Gasteiger partial charge in [-0.25, -0.2) is 0 Å². The Morgan fingerprint density at radius 1 is 1.10 bits per heavy atom. The first-order valence-electron chi connectivity index (χ1n) is 9.40. The highest BCUT2D eigenvalue weighted by molar-refractivity contribution is 6.54. The Hall–Kier alpha value is 0.354. The summed E-state index contributed by atoms with van der Waals surface area (Å²) in [4.78, 5) is 0. The normalized spacial score (nSPS) is 20.9. The van der Waals surface area contributed by atoms with Gasteiger partial charge < -0.3 is 8.99 Å². The minimum absolute atomic E-state index is 0.333. The van der Waals surface area contributed by atoms with E-state index in [1.165, 1.54) is 70.9 Å².